The molecule has 0 fully saturated rings. The highest BCUT2D eigenvalue weighted by molar-refractivity contribution is 5.94. The largest absolute Gasteiger partial charge is 0.481 e. The Labute approximate surface area is 195 Å². The van der Waals surface area contributed by atoms with Crippen LogP contribution in [-0.4, -0.2) is 85.7 Å². The molecule has 4 unspecified atom stereocenters. The van der Waals surface area contributed by atoms with Gasteiger partial charge >= 0.3 is 11.9 Å². The van der Waals surface area contributed by atoms with E-state index in [1.54, 1.807) is 13.8 Å². The Kier molecular flexibility index (Phi) is 11.7. The SMILES string of the molecule is CC(C)CC(NC(=O)C(Cc1cnc[nH]1)NC(=O)C(N)CO)C(=O)NC(CCC(=O)O)C(=O)O. The Morgan fingerprint density at radius 2 is 1.59 bits per heavy atom. The standard InChI is InChI=1S/C20H32N6O8/c1-10(2)5-14(18(31)24-13(20(33)34)3-4-16(28)29)26-19(32)15(6-11-7-22-9-23-11)25-17(30)12(21)8-27/h7,9-10,12-15,27H,3-6,8,21H2,1-2H3,(H,22,23)(H,24,31)(H,25,30)(H,26,32)(H,28,29)(H,33,34). The van der Waals surface area contributed by atoms with Crippen LogP contribution >= 0.6 is 0 Å². The number of aliphatic hydroxyl groups is 1. The molecule has 1 heterocycles. The summed E-state index contributed by atoms with van der Waals surface area (Å²) in [5, 5.41) is 34.4. The number of aliphatic carboxylic acids is 2. The molecule has 1 aromatic heterocycles. The molecule has 4 atom stereocenters. The monoisotopic (exact) mass is 484 g/mol. The van der Waals surface area contributed by atoms with Gasteiger partial charge < -0.3 is 42.0 Å². The first-order chi connectivity index (χ1) is 15.9. The summed E-state index contributed by atoms with van der Waals surface area (Å²) in [5.74, 6) is -5.05. The van der Waals surface area contributed by atoms with Crippen molar-refractivity contribution < 1.29 is 39.3 Å². The van der Waals surface area contributed by atoms with Crippen LogP contribution in [0.3, 0.4) is 0 Å². The maximum Gasteiger partial charge on any atom is 0.326 e. The number of H-pyrrole nitrogens is 1. The normalized spacial score (nSPS) is 14.5. The molecule has 34 heavy (non-hydrogen) atoms. The smallest absolute Gasteiger partial charge is 0.326 e. The van der Waals surface area contributed by atoms with Gasteiger partial charge in [-0.15, -0.1) is 0 Å². The molecule has 0 saturated carbocycles. The van der Waals surface area contributed by atoms with E-state index in [1.165, 1.54) is 12.5 Å². The van der Waals surface area contributed by atoms with Crippen LogP contribution in [0.1, 0.15) is 38.8 Å². The van der Waals surface area contributed by atoms with Crippen molar-refractivity contribution in [2.45, 2.75) is 63.7 Å². The highest BCUT2D eigenvalue weighted by Crippen LogP contribution is 2.08. The Morgan fingerprint density at radius 1 is 1.00 bits per heavy atom. The van der Waals surface area contributed by atoms with Gasteiger partial charge in [0.2, 0.25) is 17.7 Å². The van der Waals surface area contributed by atoms with Gasteiger partial charge in [-0.05, 0) is 18.8 Å². The summed E-state index contributed by atoms with van der Waals surface area (Å²) >= 11 is 0. The van der Waals surface area contributed by atoms with Crippen molar-refractivity contribution in [3.8, 4) is 0 Å². The van der Waals surface area contributed by atoms with Crippen molar-refractivity contribution in [3.63, 3.8) is 0 Å². The number of nitrogens with zero attached hydrogens (tertiary/aromatic N) is 1. The fourth-order valence-corrected chi connectivity index (χ4v) is 2.96. The average molecular weight is 485 g/mol. The zero-order valence-corrected chi connectivity index (χ0v) is 19.0. The van der Waals surface area contributed by atoms with E-state index in [4.69, 9.17) is 15.9 Å². The van der Waals surface area contributed by atoms with Gasteiger partial charge in [0, 0.05) is 24.7 Å². The van der Waals surface area contributed by atoms with Crippen LogP contribution in [0.15, 0.2) is 12.5 Å². The zero-order chi connectivity index (χ0) is 25.8. The number of carboxylic acids is 2. The summed E-state index contributed by atoms with van der Waals surface area (Å²) in [6.45, 7) is 2.93. The van der Waals surface area contributed by atoms with Crippen LogP contribution in [0, 0.1) is 5.92 Å². The van der Waals surface area contributed by atoms with Gasteiger partial charge in [0.1, 0.15) is 24.2 Å². The second-order valence-electron chi connectivity index (χ2n) is 8.15. The maximum atomic E-state index is 13.0. The van der Waals surface area contributed by atoms with Crippen molar-refractivity contribution >= 4 is 29.7 Å². The molecule has 9 N–H and O–H groups in total. The minimum atomic E-state index is -1.46. The summed E-state index contributed by atoms with van der Waals surface area (Å²) in [7, 11) is 0. The van der Waals surface area contributed by atoms with Crippen LogP contribution in [0.25, 0.3) is 0 Å². The highest BCUT2D eigenvalue weighted by Gasteiger charge is 2.31. The molecule has 3 amide bonds. The van der Waals surface area contributed by atoms with E-state index in [2.05, 4.69) is 25.9 Å². The Hall–Kier alpha value is -3.52. The molecule has 14 heteroatoms. The third-order valence-electron chi connectivity index (χ3n) is 4.75. The molecule has 190 valence electrons. The first kappa shape index (κ1) is 28.5. The summed E-state index contributed by atoms with van der Waals surface area (Å²) in [6.07, 6.45) is 2.13. The van der Waals surface area contributed by atoms with Gasteiger partial charge in [-0.1, -0.05) is 13.8 Å². The average Bonchev–Trinajstić information content (AvgIpc) is 3.27. The van der Waals surface area contributed by atoms with Crippen molar-refractivity contribution in [1.82, 2.24) is 25.9 Å². The topological polar surface area (TPSA) is 237 Å². The van der Waals surface area contributed by atoms with Crippen LogP contribution in [0.4, 0.5) is 0 Å². The van der Waals surface area contributed by atoms with Gasteiger partial charge in [-0.25, -0.2) is 9.78 Å². The second kappa shape index (κ2) is 13.9. The zero-order valence-electron chi connectivity index (χ0n) is 19.0. The number of nitrogens with two attached hydrogens (primary N) is 1. The van der Waals surface area contributed by atoms with Crippen LogP contribution in [0.5, 0.6) is 0 Å². The first-order valence-electron chi connectivity index (χ1n) is 10.6. The Bertz CT molecular complexity index is 844. The van der Waals surface area contributed by atoms with Crippen molar-refractivity contribution in [3.05, 3.63) is 18.2 Å². The number of aliphatic hydroxyl groups excluding tert-OH is 1. The summed E-state index contributed by atoms with van der Waals surface area (Å²) in [4.78, 5) is 66.8. The molecule has 0 aliphatic carbocycles. The van der Waals surface area contributed by atoms with Crippen molar-refractivity contribution in [2.24, 2.45) is 11.7 Å². The first-order valence-corrected chi connectivity index (χ1v) is 10.6. The lowest BCUT2D eigenvalue weighted by Crippen LogP contribution is -2.58. The van der Waals surface area contributed by atoms with Gasteiger partial charge in [0.05, 0.1) is 12.9 Å². The van der Waals surface area contributed by atoms with E-state index < -0.39 is 66.9 Å². The number of carbonyl (C=O) groups excluding carboxylic acids is 3. The van der Waals surface area contributed by atoms with E-state index in [1.807, 2.05) is 0 Å². The molecule has 0 spiro atoms. The number of hydrogen-bond donors (Lipinski definition) is 8. The number of carboxylic acid groups (broad SMARTS) is 2. The van der Waals surface area contributed by atoms with Crippen LogP contribution in [0.2, 0.25) is 0 Å². The lowest BCUT2D eigenvalue weighted by Gasteiger charge is -2.25. The Morgan fingerprint density at radius 3 is 2.09 bits per heavy atom. The van der Waals surface area contributed by atoms with E-state index in [9.17, 15) is 29.1 Å². The molecule has 0 radical (unpaired) electrons. The fraction of sp³-hybridized carbons (Fsp3) is 0.600. The maximum absolute atomic E-state index is 13.0. The van der Waals surface area contributed by atoms with Gasteiger partial charge in [0.25, 0.3) is 0 Å². The number of aromatic nitrogens is 2. The third kappa shape index (κ3) is 9.95. The lowest BCUT2D eigenvalue weighted by atomic mass is 10.0. The number of aromatic amines is 1. The van der Waals surface area contributed by atoms with Gasteiger partial charge in [-0.2, -0.15) is 0 Å². The lowest BCUT2D eigenvalue weighted by molar-refractivity contribution is -0.143. The molecular formula is C20H32N6O8. The summed E-state index contributed by atoms with van der Waals surface area (Å²) < 4.78 is 0. The minimum Gasteiger partial charge on any atom is -0.481 e. The Balaban J connectivity index is 3.02. The predicted molar refractivity (Wildman–Crippen MR) is 117 cm³/mol. The molecule has 14 nitrogen and oxygen atoms in total. The number of amides is 3. The third-order valence-corrected chi connectivity index (χ3v) is 4.75. The predicted octanol–water partition coefficient (Wildman–Crippen LogP) is -2.28. The quantitative estimate of drug-likeness (QED) is 0.133. The van der Waals surface area contributed by atoms with E-state index in [0.717, 1.165) is 0 Å². The number of hydrogen-bond acceptors (Lipinski definition) is 8. The second-order valence-corrected chi connectivity index (χ2v) is 8.15. The molecular weight excluding hydrogens is 452 g/mol. The van der Waals surface area contributed by atoms with E-state index in [-0.39, 0.29) is 25.2 Å². The summed E-state index contributed by atoms with van der Waals surface area (Å²) in [5.41, 5.74) is 6.01. The molecule has 0 saturated heterocycles. The molecule has 1 aromatic rings. The molecule has 0 aliphatic rings. The van der Waals surface area contributed by atoms with Gasteiger partial charge in [-0.3, -0.25) is 19.2 Å². The minimum absolute atomic E-state index is 0.0257. The van der Waals surface area contributed by atoms with E-state index in [0.29, 0.717) is 5.69 Å². The van der Waals surface area contributed by atoms with Crippen LogP contribution in [-0.2, 0) is 30.4 Å². The van der Waals surface area contributed by atoms with Crippen LogP contribution < -0.4 is 21.7 Å². The molecule has 0 aromatic carbocycles. The summed E-state index contributed by atoms with van der Waals surface area (Å²) in [6, 6.07) is -5.07. The number of carbonyl (C=O) groups is 5. The molecule has 0 bridgehead atoms. The van der Waals surface area contributed by atoms with Crippen molar-refractivity contribution in [2.75, 3.05) is 6.61 Å². The van der Waals surface area contributed by atoms with Gasteiger partial charge in [0.15, 0.2) is 0 Å². The number of imidazole rings is 1. The number of rotatable bonds is 15. The van der Waals surface area contributed by atoms with Crippen molar-refractivity contribution in [1.29, 1.82) is 0 Å². The fourth-order valence-electron chi connectivity index (χ4n) is 2.96. The molecule has 0 aliphatic heterocycles. The van der Waals surface area contributed by atoms with E-state index >= 15 is 0 Å². The molecule has 1 rings (SSSR count). The highest BCUT2D eigenvalue weighted by atomic mass is 16.4. The number of nitrogens with one attached hydrogen (secondary N) is 4.